The summed E-state index contributed by atoms with van der Waals surface area (Å²) < 4.78 is 37.9. The molecule has 0 aliphatic rings. The first kappa shape index (κ1) is 16.4. The third kappa shape index (κ3) is 3.64. The highest BCUT2D eigenvalue weighted by Crippen LogP contribution is 2.28. The molecule has 0 spiro atoms. The molecule has 9 heteroatoms. The number of aromatic nitrogens is 1. The van der Waals surface area contributed by atoms with Gasteiger partial charge >= 0.3 is 0 Å². The number of nitrogens with one attached hydrogen (secondary N) is 1. The number of rotatable bonds is 6. The summed E-state index contributed by atoms with van der Waals surface area (Å²) in [4.78, 5) is 0.922. The highest BCUT2D eigenvalue weighted by atomic mass is 35.5. The maximum Gasteiger partial charge on any atom is 0.246 e. The van der Waals surface area contributed by atoms with Crippen LogP contribution in [0.15, 0.2) is 21.6 Å². The predicted octanol–water partition coefficient (Wildman–Crippen LogP) is 2.67. The molecule has 1 N–H and O–H groups in total. The Balaban J connectivity index is 2.14. The van der Waals surface area contributed by atoms with Gasteiger partial charge in [-0.05, 0) is 26.0 Å². The number of halogens is 1. The van der Waals surface area contributed by atoms with Crippen LogP contribution < -0.4 is 4.72 Å². The van der Waals surface area contributed by atoms with Crippen molar-refractivity contribution in [3.63, 3.8) is 0 Å². The van der Waals surface area contributed by atoms with Gasteiger partial charge in [-0.15, -0.1) is 11.3 Å². The maximum atomic E-state index is 12.3. The van der Waals surface area contributed by atoms with Gasteiger partial charge in [-0.25, -0.2) is 13.1 Å². The van der Waals surface area contributed by atoms with E-state index in [1.807, 2.05) is 6.07 Å². The number of aryl methyl sites for hydroxylation is 2. The van der Waals surface area contributed by atoms with Crippen LogP contribution in [0.3, 0.4) is 0 Å². The van der Waals surface area contributed by atoms with Gasteiger partial charge in [0.2, 0.25) is 10.0 Å². The summed E-state index contributed by atoms with van der Waals surface area (Å²) >= 11 is 7.23. The molecule has 21 heavy (non-hydrogen) atoms. The fourth-order valence-corrected chi connectivity index (χ4v) is 4.41. The molecule has 6 nitrogen and oxygen atoms in total. The lowest BCUT2D eigenvalue weighted by atomic mass is 10.3. The summed E-state index contributed by atoms with van der Waals surface area (Å²) in [6.45, 7) is 3.24. The molecule has 2 heterocycles. The van der Waals surface area contributed by atoms with Crippen molar-refractivity contribution >= 4 is 33.0 Å². The second-order valence-electron chi connectivity index (χ2n) is 4.37. The number of thiophene rings is 1. The van der Waals surface area contributed by atoms with Crippen LogP contribution in [0.1, 0.15) is 22.4 Å². The van der Waals surface area contributed by atoms with Gasteiger partial charge in [0.1, 0.15) is 16.7 Å². The van der Waals surface area contributed by atoms with E-state index in [0.29, 0.717) is 10.0 Å². The molecule has 0 radical (unpaired) electrons. The lowest BCUT2D eigenvalue weighted by Gasteiger charge is -2.14. The van der Waals surface area contributed by atoms with Crippen LogP contribution in [-0.2, 0) is 14.8 Å². The van der Waals surface area contributed by atoms with Gasteiger partial charge in [0, 0.05) is 18.5 Å². The summed E-state index contributed by atoms with van der Waals surface area (Å²) in [6, 6.07) is 3.56. The lowest BCUT2D eigenvalue weighted by Crippen LogP contribution is -2.29. The number of nitrogens with zero attached hydrogens (tertiary/aromatic N) is 1. The topological polar surface area (TPSA) is 81.4 Å². The summed E-state index contributed by atoms with van der Waals surface area (Å²) in [6.07, 6.45) is -0.405. The zero-order chi connectivity index (χ0) is 15.6. The molecule has 0 saturated heterocycles. The molecular formula is C12H15ClN2O4S2. The highest BCUT2D eigenvalue weighted by molar-refractivity contribution is 7.89. The van der Waals surface area contributed by atoms with E-state index in [9.17, 15) is 8.42 Å². The molecule has 116 valence electrons. The second kappa shape index (κ2) is 6.45. The van der Waals surface area contributed by atoms with E-state index in [1.165, 1.54) is 18.4 Å². The lowest BCUT2D eigenvalue weighted by molar-refractivity contribution is 0.110. The number of ether oxygens (including phenoxy) is 1. The summed E-state index contributed by atoms with van der Waals surface area (Å²) in [5, 5.41) is 3.65. The Bertz CT molecular complexity index is 704. The van der Waals surface area contributed by atoms with Gasteiger partial charge in [-0.1, -0.05) is 16.8 Å². The molecular weight excluding hydrogens is 336 g/mol. The van der Waals surface area contributed by atoms with Gasteiger partial charge in [-0.2, -0.15) is 0 Å². The summed E-state index contributed by atoms with van der Waals surface area (Å²) in [5.74, 6) is 0.258. The number of sulfonamides is 1. The third-order valence-corrected chi connectivity index (χ3v) is 5.88. The van der Waals surface area contributed by atoms with Crippen LogP contribution >= 0.6 is 22.9 Å². The minimum Gasteiger partial charge on any atom is -0.375 e. The molecule has 2 rings (SSSR count). The average Bonchev–Trinajstić information content (AvgIpc) is 2.97. The Labute approximate surface area is 132 Å². The van der Waals surface area contributed by atoms with E-state index in [2.05, 4.69) is 9.88 Å². The minimum atomic E-state index is -3.70. The Kier molecular flexibility index (Phi) is 5.05. The Morgan fingerprint density at radius 2 is 2.19 bits per heavy atom. The SMILES string of the molecule is CO[C@H](CNS(=O)(=O)c1c(C)noc1C)c1ccc(Cl)s1. The van der Waals surface area contributed by atoms with E-state index in [1.54, 1.807) is 19.9 Å². The van der Waals surface area contributed by atoms with Crippen LogP contribution in [0.5, 0.6) is 0 Å². The van der Waals surface area contributed by atoms with E-state index in [0.717, 1.165) is 4.88 Å². The van der Waals surface area contributed by atoms with Gasteiger partial charge in [0.05, 0.1) is 4.34 Å². The van der Waals surface area contributed by atoms with Crippen molar-refractivity contribution < 1.29 is 17.7 Å². The van der Waals surface area contributed by atoms with Crippen molar-refractivity contribution in [2.45, 2.75) is 24.8 Å². The van der Waals surface area contributed by atoms with Gasteiger partial charge in [0.25, 0.3) is 0 Å². The molecule has 0 bridgehead atoms. The van der Waals surface area contributed by atoms with Crippen molar-refractivity contribution in [1.82, 2.24) is 9.88 Å². The van der Waals surface area contributed by atoms with Crippen LogP contribution in [0.2, 0.25) is 4.34 Å². The molecule has 1 atom stereocenters. The molecule has 0 unspecified atom stereocenters. The summed E-state index contributed by atoms with van der Waals surface area (Å²) in [5.41, 5.74) is 0.327. The van der Waals surface area contributed by atoms with Crippen molar-refractivity contribution in [1.29, 1.82) is 0 Å². The highest BCUT2D eigenvalue weighted by Gasteiger charge is 2.25. The van der Waals surface area contributed by atoms with Gasteiger partial charge in [0.15, 0.2) is 5.76 Å². The molecule has 0 aliphatic heterocycles. The van der Waals surface area contributed by atoms with Crippen LogP contribution in [0.4, 0.5) is 0 Å². The first-order valence-corrected chi connectivity index (χ1v) is 8.73. The Hall–Kier alpha value is -0.930. The quantitative estimate of drug-likeness (QED) is 0.866. The van der Waals surface area contributed by atoms with Gasteiger partial charge in [-0.3, -0.25) is 0 Å². The predicted molar refractivity (Wildman–Crippen MR) is 80.2 cm³/mol. The minimum absolute atomic E-state index is 0.0709. The first-order chi connectivity index (χ1) is 9.85. The number of methoxy groups -OCH3 is 1. The molecule has 2 aromatic rings. The van der Waals surface area contributed by atoms with Crippen molar-refractivity contribution in [3.8, 4) is 0 Å². The van der Waals surface area contributed by atoms with Crippen molar-refractivity contribution in [3.05, 3.63) is 32.8 Å². The summed E-state index contributed by atoms with van der Waals surface area (Å²) in [7, 11) is -2.18. The first-order valence-electron chi connectivity index (χ1n) is 6.05. The third-order valence-electron chi connectivity index (χ3n) is 2.89. The van der Waals surface area contributed by atoms with Crippen LogP contribution in [0.25, 0.3) is 0 Å². The zero-order valence-electron chi connectivity index (χ0n) is 11.7. The molecule has 0 fully saturated rings. The van der Waals surface area contributed by atoms with Gasteiger partial charge < -0.3 is 9.26 Å². The monoisotopic (exact) mass is 350 g/mol. The average molecular weight is 351 g/mol. The normalized spacial score (nSPS) is 13.5. The fourth-order valence-electron chi connectivity index (χ4n) is 1.92. The Morgan fingerprint density at radius 3 is 2.67 bits per heavy atom. The molecule has 2 aromatic heterocycles. The van der Waals surface area contributed by atoms with Crippen molar-refractivity contribution in [2.24, 2.45) is 0 Å². The Morgan fingerprint density at radius 1 is 1.48 bits per heavy atom. The van der Waals surface area contributed by atoms with Crippen molar-refractivity contribution in [2.75, 3.05) is 13.7 Å². The van der Waals surface area contributed by atoms with E-state index >= 15 is 0 Å². The smallest absolute Gasteiger partial charge is 0.246 e. The second-order valence-corrected chi connectivity index (χ2v) is 7.82. The molecule has 0 saturated carbocycles. The zero-order valence-corrected chi connectivity index (χ0v) is 14.1. The van der Waals surface area contributed by atoms with E-state index in [4.69, 9.17) is 20.9 Å². The molecule has 0 aliphatic carbocycles. The maximum absolute atomic E-state index is 12.3. The number of hydrogen-bond acceptors (Lipinski definition) is 6. The van der Waals surface area contributed by atoms with E-state index in [-0.39, 0.29) is 17.2 Å². The molecule has 0 amide bonds. The van der Waals surface area contributed by atoms with E-state index < -0.39 is 16.1 Å². The largest absolute Gasteiger partial charge is 0.375 e. The fraction of sp³-hybridized carbons (Fsp3) is 0.417. The van der Waals surface area contributed by atoms with Crippen LogP contribution in [0, 0.1) is 13.8 Å². The van der Waals surface area contributed by atoms with Crippen LogP contribution in [-0.4, -0.2) is 27.2 Å². The molecule has 0 aromatic carbocycles. The number of hydrogen-bond donors (Lipinski definition) is 1. The standard InChI is InChI=1S/C12H15ClN2O4S2/c1-7-12(8(2)19-15-7)21(16,17)14-6-9(18-3)10-4-5-11(13)20-10/h4-5,9,14H,6H2,1-3H3/t9-/m1/s1.